The summed E-state index contributed by atoms with van der Waals surface area (Å²) in [5, 5.41) is 10.1. The Kier molecular flexibility index (Phi) is 5.11. The van der Waals surface area contributed by atoms with E-state index in [1.54, 1.807) is 16.7 Å². The Morgan fingerprint density at radius 3 is 2.60 bits per heavy atom. The minimum Gasteiger partial charge on any atom is -0.386 e. The molecule has 1 aliphatic heterocycles. The SMILES string of the molecule is CCCC1(O)CN(C(=O)CCSc2ccc(C)cc2)C1. The summed E-state index contributed by atoms with van der Waals surface area (Å²) in [5.41, 5.74) is 0.635. The molecular formula is C16H23NO2S. The van der Waals surface area contributed by atoms with E-state index in [2.05, 4.69) is 38.1 Å². The first-order chi connectivity index (χ1) is 9.52. The maximum Gasteiger partial charge on any atom is 0.223 e. The summed E-state index contributed by atoms with van der Waals surface area (Å²) < 4.78 is 0. The molecule has 1 amide bonds. The Labute approximate surface area is 125 Å². The molecule has 0 aromatic heterocycles. The molecule has 1 N–H and O–H groups in total. The molecule has 3 nitrogen and oxygen atoms in total. The minimum atomic E-state index is -0.617. The second kappa shape index (κ2) is 6.64. The number of likely N-dealkylation sites (tertiary alicyclic amines) is 1. The van der Waals surface area contributed by atoms with Crippen molar-refractivity contribution in [2.24, 2.45) is 0 Å². The Balaban J connectivity index is 1.68. The number of carbonyl (C=O) groups is 1. The van der Waals surface area contributed by atoms with E-state index in [0.717, 1.165) is 18.6 Å². The summed E-state index contributed by atoms with van der Waals surface area (Å²) in [6, 6.07) is 8.36. The number of carbonyl (C=O) groups excluding carboxylic acids is 1. The number of benzene rings is 1. The van der Waals surface area contributed by atoms with Crippen LogP contribution in [0.3, 0.4) is 0 Å². The van der Waals surface area contributed by atoms with E-state index < -0.39 is 5.60 Å². The summed E-state index contributed by atoms with van der Waals surface area (Å²) in [4.78, 5) is 14.9. The van der Waals surface area contributed by atoms with Crippen LogP contribution in [0.15, 0.2) is 29.2 Å². The summed E-state index contributed by atoms with van der Waals surface area (Å²) >= 11 is 1.71. The minimum absolute atomic E-state index is 0.158. The molecule has 1 fully saturated rings. The molecule has 1 aliphatic rings. The number of amides is 1. The fourth-order valence-corrected chi connectivity index (χ4v) is 3.35. The van der Waals surface area contributed by atoms with Crippen molar-refractivity contribution in [3.63, 3.8) is 0 Å². The highest BCUT2D eigenvalue weighted by Gasteiger charge is 2.42. The Bertz CT molecular complexity index is 452. The maximum absolute atomic E-state index is 12.0. The van der Waals surface area contributed by atoms with Gasteiger partial charge in [0.2, 0.25) is 5.91 Å². The van der Waals surface area contributed by atoms with Crippen molar-refractivity contribution < 1.29 is 9.90 Å². The number of aliphatic hydroxyl groups is 1. The van der Waals surface area contributed by atoms with Crippen molar-refractivity contribution in [3.05, 3.63) is 29.8 Å². The van der Waals surface area contributed by atoms with Crippen LogP contribution in [-0.4, -0.2) is 40.4 Å². The molecule has 2 rings (SSSR count). The smallest absolute Gasteiger partial charge is 0.223 e. The predicted octanol–water partition coefficient (Wildman–Crippen LogP) is 2.85. The molecular weight excluding hydrogens is 270 g/mol. The third-order valence-electron chi connectivity index (χ3n) is 3.64. The van der Waals surface area contributed by atoms with Crippen LogP contribution >= 0.6 is 11.8 Å². The molecule has 110 valence electrons. The molecule has 20 heavy (non-hydrogen) atoms. The van der Waals surface area contributed by atoms with Gasteiger partial charge in [-0.3, -0.25) is 4.79 Å². The lowest BCUT2D eigenvalue weighted by Gasteiger charge is -2.46. The predicted molar refractivity (Wildman–Crippen MR) is 83.0 cm³/mol. The second-order valence-electron chi connectivity index (χ2n) is 5.64. The van der Waals surface area contributed by atoms with Crippen molar-refractivity contribution in [3.8, 4) is 0 Å². The summed E-state index contributed by atoms with van der Waals surface area (Å²) in [6.45, 7) is 5.14. The zero-order chi connectivity index (χ0) is 14.6. The molecule has 1 aromatic carbocycles. The van der Waals surface area contributed by atoms with Gasteiger partial charge in [-0.25, -0.2) is 0 Å². The molecule has 1 saturated heterocycles. The third-order valence-corrected chi connectivity index (χ3v) is 4.66. The van der Waals surface area contributed by atoms with Gasteiger partial charge in [-0.1, -0.05) is 31.0 Å². The Morgan fingerprint density at radius 2 is 2.00 bits per heavy atom. The van der Waals surface area contributed by atoms with E-state index in [9.17, 15) is 9.90 Å². The highest BCUT2D eigenvalue weighted by Crippen LogP contribution is 2.27. The lowest BCUT2D eigenvalue weighted by molar-refractivity contribution is -0.156. The lowest BCUT2D eigenvalue weighted by atomic mass is 9.89. The standard InChI is InChI=1S/C16H23NO2S/c1-3-9-16(19)11-17(12-16)15(18)8-10-20-14-6-4-13(2)5-7-14/h4-7,19H,3,8-12H2,1-2H3. The van der Waals surface area contributed by atoms with E-state index in [1.807, 2.05) is 0 Å². The zero-order valence-electron chi connectivity index (χ0n) is 12.3. The summed E-state index contributed by atoms with van der Waals surface area (Å²) in [6.07, 6.45) is 2.29. The van der Waals surface area contributed by atoms with Crippen molar-refractivity contribution in [2.45, 2.75) is 43.6 Å². The van der Waals surface area contributed by atoms with Gasteiger partial charge in [0.1, 0.15) is 0 Å². The van der Waals surface area contributed by atoms with Gasteiger partial charge in [0.05, 0.1) is 18.7 Å². The van der Waals surface area contributed by atoms with Gasteiger partial charge in [0.25, 0.3) is 0 Å². The van der Waals surface area contributed by atoms with Crippen LogP contribution in [0.1, 0.15) is 31.7 Å². The molecule has 0 atom stereocenters. The number of rotatable bonds is 6. The fraction of sp³-hybridized carbons (Fsp3) is 0.562. The third kappa shape index (κ3) is 4.00. The lowest BCUT2D eigenvalue weighted by Crippen LogP contribution is -2.63. The summed E-state index contributed by atoms with van der Waals surface area (Å²) in [5.74, 6) is 0.954. The first-order valence-electron chi connectivity index (χ1n) is 7.22. The van der Waals surface area contributed by atoms with Crippen molar-refractivity contribution in [1.82, 2.24) is 4.90 Å². The van der Waals surface area contributed by atoms with E-state index in [-0.39, 0.29) is 5.91 Å². The highest BCUT2D eigenvalue weighted by atomic mass is 32.2. The largest absolute Gasteiger partial charge is 0.386 e. The maximum atomic E-state index is 12.0. The zero-order valence-corrected chi connectivity index (χ0v) is 13.1. The van der Waals surface area contributed by atoms with E-state index in [4.69, 9.17) is 0 Å². The molecule has 0 spiro atoms. The molecule has 1 heterocycles. The van der Waals surface area contributed by atoms with Crippen LogP contribution in [0.25, 0.3) is 0 Å². The van der Waals surface area contributed by atoms with Gasteiger partial charge in [0, 0.05) is 17.1 Å². The topological polar surface area (TPSA) is 40.5 Å². The molecule has 1 aromatic rings. The molecule has 0 radical (unpaired) electrons. The van der Waals surface area contributed by atoms with Gasteiger partial charge < -0.3 is 10.0 Å². The van der Waals surface area contributed by atoms with Gasteiger partial charge in [-0.2, -0.15) is 0 Å². The second-order valence-corrected chi connectivity index (χ2v) is 6.80. The van der Waals surface area contributed by atoms with Crippen LogP contribution in [0.4, 0.5) is 0 Å². The molecule has 4 heteroatoms. The van der Waals surface area contributed by atoms with E-state index in [1.165, 1.54) is 10.5 Å². The number of hydrogen-bond acceptors (Lipinski definition) is 3. The van der Waals surface area contributed by atoms with E-state index >= 15 is 0 Å². The van der Waals surface area contributed by atoms with Gasteiger partial charge >= 0.3 is 0 Å². The quantitative estimate of drug-likeness (QED) is 0.820. The van der Waals surface area contributed by atoms with E-state index in [0.29, 0.717) is 19.5 Å². The number of hydrogen-bond donors (Lipinski definition) is 1. The number of nitrogens with zero attached hydrogens (tertiary/aromatic N) is 1. The van der Waals surface area contributed by atoms with Crippen LogP contribution < -0.4 is 0 Å². The van der Waals surface area contributed by atoms with Crippen LogP contribution in [0.5, 0.6) is 0 Å². The number of aryl methyl sites for hydroxylation is 1. The van der Waals surface area contributed by atoms with Crippen molar-refractivity contribution in [1.29, 1.82) is 0 Å². The number of thioether (sulfide) groups is 1. The molecule has 0 unspecified atom stereocenters. The monoisotopic (exact) mass is 293 g/mol. The first kappa shape index (κ1) is 15.4. The van der Waals surface area contributed by atoms with Crippen LogP contribution in [-0.2, 0) is 4.79 Å². The molecule has 0 bridgehead atoms. The van der Waals surface area contributed by atoms with Crippen LogP contribution in [0.2, 0.25) is 0 Å². The summed E-state index contributed by atoms with van der Waals surface area (Å²) in [7, 11) is 0. The average Bonchev–Trinajstić information content (AvgIpc) is 2.38. The molecule has 0 saturated carbocycles. The van der Waals surface area contributed by atoms with Gasteiger partial charge in [-0.15, -0.1) is 11.8 Å². The van der Waals surface area contributed by atoms with Gasteiger partial charge in [-0.05, 0) is 25.5 Å². The Hall–Kier alpha value is -1.00. The molecule has 0 aliphatic carbocycles. The Morgan fingerprint density at radius 1 is 1.35 bits per heavy atom. The fourth-order valence-electron chi connectivity index (χ4n) is 2.51. The van der Waals surface area contributed by atoms with Crippen LogP contribution in [0, 0.1) is 6.92 Å². The van der Waals surface area contributed by atoms with Crippen molar-refractivity contribution >= 4 is 17.7 Å². The first-order valence-corrected chi connectivity index (χ1v) is 8.20. The van der Waals surface area contributed by atoms with Gasteiger partial charge in [0.15, 0.2) is 0 Å². The van der Waals surface area contributed by atoms with Crippen molar-refractivity contribution in [2.75, 3.05) is 18.8 Å². The average molecular weight is 293 g/mol. The highest BCUT2D eigenvalue weighted by molar-refractivity contribution is 7.99. The number of β-amino-alcohol motifs (C(OH)–C–C–N with tert-alkyl or cyclic N) is 1. The normalized spacial score (nSPS) is 16.9.